The van der Waals surface area contributed by atoms with Gasteiger partial charge in [-0.2, -0.15) is 15.0 Å². The third-order valence-corrected chi connectivity index (χ3v) is 2.08. The number of nitrogens with zero attached hydrogens (tertiary/aromatic N) is 4. The maximum atomic E-state index is 5.55. The van der Waals surface area contributed by atoms with Crippen molar-refractivity contribution < 1.29 is 4.74 Å². The Hall–Kier alpha value is -1.59. The smallest absolute Gasteiger partial charge is 0.323 e. The van der Waals surface area contributed by atoms with Crippen molar-refractivity contribution in [1.29, 1.82) is 0 Å². The molecule has 0 amide bonds. The predicted molar refractivity (Wildman–Crippen MR) is 73.3 cm³/mol. The normalized spacial score (nSPS) is 10.6. The molecule has 0 spiro atoms. The van der Waals surface area contributed by atoms with E-state index in [4.69, 9.17) is 4.74 Å². The zero-order valence-electron chi connectivity index (χ0n) is 11.9. The number of anilines is 2. The summed E-state index contributed by atoms with van der Waals surface area (Å²) in [6.07, 6.45) is 1.02. The molecule has 0 aliphatic heterocycles. The molecule has 0 atom stereocenters. The summed E-state index contributed by atoms with van der Waals surface area (Å²) in [7, 11) is 3.79. The first-order valence-corrected chi connectivity index (χ1v) is 6.33. The average molecular weight is 253 g/mol. The Morgan fingerprint density at radius 2 is 1.94 bits per heavy atom. The van der Waals surface area contributed by atoms with E-state index >= 15 is 0 Å². The van der Waals surface area contributed by atoms with Crippen molar-refractivity contribution in [1.82, 2.24) is 15.0 Å². The van der Waals surface area contributed by atoms with Gasteiger partial charge >= 0.3 is 6.01 Å². The molecule has 1 N–H and O–H groups in total. The highest BCUT2D eigenvalue weighted by Crippen LogP contribution is 2.13. The lowest BCUT2D eigenvalue weighted by Crippen LogP contribution is -2.17. The van der Waals surface area contributed by atoms with E-state index < -0.39 is 0 Å². The molecule has 0 aliphatic carbocycles. The fraction of sp³-hybridized carbons (Fsp3) is 0.750. The molecule has 6 nitrogen and oxygen atoms in total. The number of nitrogens with one attached hydrogen (secondary N) is 1. The minimum absolute atomic E-state index is 0.376. The molecule has 102 valence electrons. The number of hydrogen-bond donors (Lipinski definition) is 1. The van der Waals surface area contributed by atoms with Crippen molar-refractivity contribution in [2.45, 2.75) is 27.2 Å². The van der Waals surface area contributed by atoms with Gasteiger partial charge in [-0.15, -0.1) is 0 Å². The summed E-state index contributed by atoms with van der Waals surface area (Å²) in [4.78, 5) is 14.6. The first kappa shape index (κ1) is 14.5. The van der Waals surface area contributed by atoms with Crippen LogP contribution in [0.2, 0.25) is 0 Å². The van der Waals surface area contributed by atoms with Gasteiger partial charge in [0.15, 0.2) is 0 Å². The summed E-state index contributed by atoms with van der Waals surface area (Å²) < 4.78 is 5.55. The highest BCUT2D eigenvalue weighted by atomic mass is 16.5. The van der Waals surface area contributed by atoms with Crippen LogP contribution in [0.25, 0.3) is 0 Å². The minimum Gasteiger partial charge on any atom is -0.463 e. The predicted octanol–water partition coefficient (Wildman–Crippen LogP) is 1.79. The van der Waals surface area contributed by atoms with Crippen LogP contribution < -0.4 is 15.0 Å². The van der Waals surface area contributed by atoms with E-state index in [9.17, 15) is 0 Å². The summed E-state index contributed by atoms with van der Waals surface area (Å²) >= 11 is 0. The van der Waals surface area contributed by atoms with Gasteiger partial charge in [-0.05, 0) is 12.3 Å². The molecule has 1 rings (SSSR count). The van der Waals surface area contributed by atoms with Gasteiger partial charge < -0.3 is 15.0 Å². The van der Waals surface area contributed by atoms with Crippen LogP contribution in [0.3, 0.4) is 0 Å². The van der Waals surface area contributed by atoms with Crippen molar-refractivity contribution in [2.75, 3.05) is 37.5 Å². The Bertz CT molecular complexity index is 367. The molecule has 0 aliphatic rings. The fourth-order valence-corrected chi connectivity index (χ4v) is 1.17. The van der Waals surface area contributed by atoms with Gasteiger partial charge in [0.25, 0.3) is 0 Å². The van der Waals surface area contributed by atoms with Crippen molar-refractivity contribution in [3.05, 3.63) is 0 Å². The Kier molecular flexibility index (Phi) is 5.61. The molecule has 0 fully saturated rings. The summed E-state index contributed by atoms with van der Waals surface area (Å²) in [5.41, 5.74) is 0. The molecule has 18 heavy (non-hydrogen) atoms. The third-order valence-electron chi connectivity index (χ3n) is 2.08. The highest BCUT2D eigenvalue weighted by molar-refractivity contribution is 5.36. The van der Waals surface area contributed by atoms with Crippen LogP contribution in [0.4, 0.5) is 11.9 Å². The molecule has 0 saturated carbocycles. The van der Waals surface area contributed by atoms with Gasteiger partial charge in [0.1, 0.15) is 0 Å². The molecular weight excluding hydrogens is 230 g/mol. The van der Waals surface area contributed by atoms with E-state index in [1.807, 2.05) is 19.0 Å². The monoisotopic (exact) mass is 253 g/mol. The SMILES string of the molecule is CCCNc1nc(OCC(C)C)nc(N(C)C)n1. The molecule has 1 heterocycles. The highest BCUT2D eigenvalue weighted by Gasteiger charge is 2.09. The first-order chi connectivity index (χ1) is 8.52. The maximum Gasteiger partial charge on any atom is 0.323 e. The van der Waals surface area contributed by atoms with Crippen LogP contribution in [-0.2, 0) is 0 Å². The Morgan fingerprint density at radius 3 is 2.50 bits per heavy atom. The van der Waals surface area contributed by atoms with Crippen LogP contribution in [0, 0.1) is 5.92 Å². The lowest BCUT2D eigenvalue weighted by Gasteiger charge is -2.14. The Morgan fingerprint density at radius 1 is 1.22 bits per heavy atom. The van der Waals surface area contributed by atoms with E-state index in [2.05, 4.69) is 41.0 Å². The van der Waals surface area contributed by atoms with Crippen LogP contribution >= 0.6 is 0 Å². The Balaban J connectivity index is 2.83. The average Bonchev–Trinajstić information content (AvgIpc) is 2.33. The lowest BCUT2D eigenvalue weighted by molar-refractivity contribution is 0.250. The molecule has 6 heteroatoms. The molecule has 0 radical (unpaired) electrons. The summed E-state index contributed by atoms with van der Waals surface area (Å²) in [6.45, 7) is 7.70. The molecule has 0 bridgehead atoms. The molecule has 0 unspecified atom stereocenters. The van der Waals surface area contributed by atoms with Gasteiger partial charge in [-0.25, -0.2) is 0 Å². The van der Waals surface area contributed by atoms with E-state index in [-0.39, 0.29) is 0 Å². The molecule has 0 saturated heterocycles. The summed E-state index contributed by atoms with van der Waals surface area (Å²) in [5.74, 6) is 1.60. The molecule has 1 aromatic rings. The van der Waals surface area contributed by atoms with E-state index in [0.717, 1.165) is 13.0 Å². The minimum atomic E-state index is 0.376. The van der Waals surface area contributed by atoms with E-state index in [1.54, 1.807) is 0 Å². The molecule has 0 aromatic carbocycles. The number of rotatable bonds is 7. The molecule has 1 aromatic heterocycles. The van der Waals surface area contributed by atoms with Crippen LogP contribution in [-0.4, -0.2) is 42.2 Å². The van der Waals surface area contributed by atoms with E-state index in [1.165, 1.54) is 0 Å². The van der Waals surface area contributed by atoms with Gasteiger partial charge in [0.05, 0.1) is 6.61 Å². The van der Waals surface area contributed by atoms with Crippen LogP contribution in [0.5, 0.6) is 6.01 Å². The van der Waals surface area contributed by atoms with Crippen molar-refractivity contribution in [3.63, 3.8) is 0 Å². The van der Waals surface area contributed by atoms with Crippen LogP contribution in [0.15, 0.2) is 0 Å². The second kappa shape index (κ2) is 6.98. The Labute approximate surface area is 109 Å². The standard InChI is InChI=1S/C12H23N5O/c1-6-7-13-10-14-11(17(4)5)16-12(15-10)18-8-9(2)3/h9H,6-8H2,1-5H3,(H,13,14,15,16). The number of ether oxygens (including phenoxy) is 1. The topological polar surface area (TPSA) is 63.2 Å². The van der Waals surface area contributed by atoms with Crippen LogP contribution in [0.1, 0.15) is 27.2 Å². The summed E-state index contributed by atoms with van der Waals surface area (Å²) in [6, 6.07) is 0.376. The summed E-state index contributed by atoms with van der Waals surface area (Å²) in [5, 5.41) is 3.15. The van der Waals surface area contributed by atoms with E-state index in [0.29, 0.717) is 30.4 Å². The second-order valence-electron chi connectivity index (χ2n) is 4.77. The van der Waals surface area contributed by atoms with Crippen molar-refractivity contribution >= 4 is 11.9 Å². The van der Waals surface area contributed by atoms with Gasteiger partial charge in [-0.3, -0.25) is 0 Å². The number of aromatic nitrogens is 3. The number of hydrogen-bond acceptors (Lipinski definition) is 6. The van der Waals surface area contributed by atoms with Crippen molar-refractivity contribution in [2.24, 2.45) is 5.92 Å². The lowest BCUT2D eigenvalue weighted by atomic mass is 10.2. The molecular formula is C12H23N5O. The van der Waals surface area contributed by atoms with Gasteiger partial charge in [0.2, 0.25) is 11.9 Å². The zero-order valence-corrected chi connectivity index (χ0v) is 11.9. The zero-order chi connectivity index (χ0) is 13.5. The van der Waals surface area contributed by atoms with Crippen molar-refractivity contribution in [3.8, 4) is 6.01 Å². The quantitative estimate of drug-likeness (QED) is 0.799. The van der Waals surface area contributed by atoms with Gasteiger partial charge in [0, 0.05) is 20.6 Å². The maximum absolute atomic E-state index is 5.55. The van der Waals surface area contributed by atoms with Gasteiger partial charge in [-0.1, -0.05) is 20.8 Å². The largest absolute Gasteiger partial charge is 0.463 e. The third kappa shape index (κ3) is 4.73. The first-order valence-electron chi connectivity index (χ1n) is 6.33. The fourth-order valence-electron chi connectivity index (χ4n) is 1.17. The second-order valence-corrected chi connectivity index (χ2v) is 4.77.